The molecule has 4 nitrogen and oxygen atoms in total. The summed E-state index contributed by atoms with van der Waals surface area (Å²) in [5.41, 5.74) is 0. The van der Waals surface area contributed by atoms with Crippen LogP contribution in [0.15, 0.2) is 0 Å². The first-order valence-corrected chi connectivity index (χ1v) is 9.28. The molecule has 3 saturated heterocycles. The number of hydrogen-bond acceptors (Lipinski definition) is 3. The Labute approximate surface area is 159 Å². The molecule has 3 rings (SSSR count). The molecule has 0 aliphatic carbocycles. The van der Waals surface area contributed by atoms with Gasteiger partial charge in [-0.05, 0) is 58.3 Å². The molecule has 1 N–H and O–H groups in total. The SMILES string of the molecule is CC(C)N1CCC(N(C)C(=O)CC2CC3CCC(C2)N3)CC1.Cl.Cl. The zero-order chi connectivity index (χ0) is 15.7. The van der Waals surface area contributed by atoms with Crippen molar-refractivity contribution < 1.29 is 4.79 Å². The Balaban J connectivity index is 0.00000144. The van der Waals surface area contributed by atoms with E-state index in [0.717, 1.165) is 32.4 Å². The number of rotatable bonds is 4. The van der Waals surface area contributed by atoms with E-state index >= 15 is 0 Å². The van der Waals surface area contributed by atoms with Gasteiger partial charge in [0.2, 0.25) is 5.91 Å². The Bertz CT molecular complexity index is 388. The van der Waals surface area contributed by atoms with Crippen LogP contribution in [0.5, 0.6) is 0 Å². The van der Waals surface area contributed by atoms with Crippen molar-refractivity contribution in [2.24, 2.45) is 5.92 Å². The van der Waals surface area contributed by atoms with E-state index in [2.05, 4.69) is 29.0 Å². The standard InChI is InChI=1S/C18H33N3O.2ClH/c1-13(2)21-8-6-17(7-9-21)20(3)18(22)12-14-10-15-4-5-16(11-14)19-15;;/h13-17,19H,4-12H2,1-3H3;2*1H. The lowest BCUT2D eigenvalue weighted by Gasteiger charge is -2.39. The van der Waals surface area contributed by atoms with Crippen molar-refractivity contribution in [1.82, 2.24) is 15.1 Å². The summed E-state index contributed by atoms with van der Waals surface area (Å²) >= 11 is 0. The Kier molecular flexibility index (Phi) is 8.81. The highest BCUT2D eigenvalue weighted by Gasteiger charge is 2.35. The lowest BCUT2D eigenvalue weighted by molar-refractivity contribution is -0.134. The molecule has 3 aliphatic rings. The predicted octanol–water partition coefficient (Wildman–Crippen LogP) is 3.08. The molecule has 6 heteroatoms. The van der Waals surface area contributed by atoms with Gasteiger partial charge in [-0.15, -0.1) is 24.8 Å². The van der Waals surface area contributed by atoms with Gasteiger partial charge in [0.1, 0.15) is 0 Å². The van der Waals surface area contributed by atoms with Crippen LogP contribution in [0.2, 0.25) is 0 Å². The molecule has 3 aliphatic heterocycles. The van der Waals surface area contributed by atoms with Crippen LogP contribution in [0.25, 0.3) is 0 Å². The van der Waals surface area contributed by atoms with Gasteiger partial charge in [-0.25, -0.2) is 0 Å². The van der Waals surface area contributed by atoms with Crippen LogP contribution in [0.3, 0.4) is 0 Å². The number of carbonyl (C=O) groups is 1. The summed E-state index contributed by atoms with van der Waals surface area (Å²) in [6.07, 6.45) is 8.10. The summed E-state index contributed by atoms with van der Waals surface area (Å²) in [7, 11) is 2.04. The van der Waals surface area contributed by atoms with E-state index in [0.29, 0.717) is 36.0 Å². The van der Waals surface area contributed by atoms with Gasteiger partial charge in [0, 0.05) is 50.7 Å². The summed E-state index contributed by atoms with van der Waals surface area (Å²) < 4.78 is 0. The number of amides is 1. The molecule has 0 radical (unpaired) electrons. The van der Waals surface area contributed by atoms with E-state index in [-0.39, 0.29) is 24.8 Å². The third kappa shape index (κ3) is 5.23. The Hall–Kier alpha value is -0.0300. The van der Waals surface area contributed by atoms with Gasteiger partial charge < -0.3 is 15.1 Å². The van der Waals surface area contributed by atoms with Crippen LogP contribution < -0.4 is 5.32 Å². The fraction of sp³-hybridized carbons (Fsp3) is 0.944. The Morgan fingerprint density at radius 3 is 2.12 bits per heavy atom. The van der Waals surface area contributed by atoms with Gasteiger partial charge in [-0.1, -0.05) is 0 Å². The minimum atomic E-state index is 0. The number of likely N-dealkylation sites (tertiary alicyclic amines) is 1. The number of nitrogens with zero attached hydrogens (tertiary/aromatic N) is 2. The molecule has 0 aromatic rings. The minimum Gasteiger partial charge on any atom is -0.343 e. The summed E-state index contributed by atoms with van der Waals surface area (Å²) in [5, 5.41) is 3.67. The summed E-state index contributed by atoms with van der Waals surface area (Å²) in [4.78, 5) is 17.2. The maximum absolute atomic E-state index is 12.7. The number of nitrogens with one attached hydrogen (secondary N) is 1. The van der Waals surface area contributed by atoms with Gasteiger partial charge in [0.25, 0.3) is 0 Å². The van der Waals surface area contributed by atoms with E-state index in [1.807, 2.05) is 7.05 Å². The van der Waals surface area contributed by atoms with E-state index in [1.54, 1.807) is 0 Å². The molecule has 2 unspecified atom stereocenters. The van der Waals surface area contributed by atoms with Gasteiger partial charge in [-0.3, -0.25) is 4.79 Å². The third-order valence-electron chi connectivity index (χ3n) is 6.20. The van der Waals surface area contributed by atoms with Gasteiger partial charge >= 0.3 is 0 Å². The zero-order valence-electron chi connectivity index (χ0n) is 15.4. The van der Waals surface area contributed by atoms with Crippen LogP contribution >= 0.6 is 24.8 Å². The number of fused-ring (bicyclic) bond motifs is 2. The van der Waals surface area contributed by atoms with E-state index in [1.165, 1.54) is 25.7 Å². The fourth-order valence-electron chi connectivity index (χ4n) is 4.73. The molecule has 0 saturated carbocycles. The highest BCUT2D eigenvalue weighted by molar-refractivity contribution is 5.85. The van der Waals surface area contributed by atoms with Crippen LogP contribution in [0.1, 0.15) is 58.8 Å². The molecule has 24 heavy (non-hydrogen) atoms. The molecule has 0 aromatic carbocycles. The highest BCUT2D eigenvalue weighted by Crippen LogP contribution is 2.33. The zero-order valence-corrected chi connectivity index (χ0v) is 17.0. The second-order valence-corrected chi connectivity index (χ2v) is 8.04. The Morgan fingerprint density at radius 2 is 1.62 bits per heavy atom. The molecule has 3 heterocycles. The van der Waals surface area contributed by atoms with E-state index < -0.39 is 0 Å². The van der Waals surface area contributed by atoms with Crippen molar-refractivity contribution in [2.45, 2.75) is 83.0 Å². The second kappa shape index (κ2) is 9.61. The average molecular weight is 380 g/mol. The van der Waals surface area contributed by atoms with Crippen molar-refractivity contribution in [3.8, 4) is 0 Å². The first kappa shape index (κ1) is 22.0. The van der Waals surface area contributed by atoms with Crippen molar-refractivity contribution in [3.63, 3.8) is 0 Å². The Morgan fingerprint density at radius 1 is 1.08 bits per heavy atom. The molecular formula is C18H35Cl2N3O. The van der Waals surface area contributed by atoms with E-state index in [9.17, 15) is 4.79 Å². The summed E-state index contributed by atoms with van der Waals surface area (Å²) in [5.74, 6) is 0.999. The second-order valence-electron chi connectivity index (χ2n) is 8.04. The molecule has 2 bridgehead atoms. The predicted molar refractivity (Wildman–Crippen MR) is 104 cm³/mol. The molecular weight excluding hydrogens is 345 g/mol. The normalized spacial score (nSPS) is 30.6. The monoisotopic (exact) mass is 379 g/mol. The number of halogens is 2. The van der Waals surface area contributed by atoms with E-state index in [4.69, 9.17) is 0 Å². The van der Waals surface area contributed by atoms with Crippen molar-refractivity contribution in [1.29, 1.82) is 0 Å². The van der Waals surface area contributed by atoms with Crippen LogP contribution in [0.4, 0.5) is 0 Å². The number of piperidine rings is 2. The van der Waals surface area contributed by atoms with Gasteiger partial charge in [0.15, 0.2) is 0 Å². The van der Waals surface area contributed by atoms with Crippen molar-refractivity contribution in [2.75, 3.05) is 20.1 Å². The summed E-state index contributed by atoms with van der Waals surface area (Å²) in [6, 6.07) is 2.47. The topological polar surface area (TPSA) is 35.6 Å². The molecule has 3 fully saturated rings. The third-order valence-corrected chi connectivity index (χ3v) is 6.20. The maximum Gasteiger partial charge on any atom is 0.222 e. The van der Waals surface area contributed by atoms with Crippen molar-refractivity contribution >= 4 is 30.7 Å². The number of hydrogen-bond donors (Lipinski definition) is 1. The lowest BCUT2D eigenvalue weighted by atomic mass is 9.89. The highest BCUT2D eigenvalue weighted by atomic mass is 35.5. The minimum absolute atomic E-state index is 0. The smallest absolute Gasteiger partial charge is 0.222 e. The first-order chi connectivity index (χ1) is 10.5. The largest absolute Gasteiger partial charge is 0.343 e. The molecule has 1 amide bonds. The van der Waals surface area contributed by atoms with Gasteiger partial charge in [-0.2, -0.15) is 0 Å². The molecule has 2 atom stereocenters. The van der Waals surface area contributed by atoms with Crippen LogP contribution in [-0.4, -0.2) is 60.0 Å². The van der Waals surface area contributed by atoms with Crippen LogP contribution in [0, 0.1) is 5.92 Å². The maximum atomic E-state index is 12.7. The first-order valence-electron chi connectivity index (χ1n) is 9.28. The van der Waals surface area contributed by atoms with Crippen LogP contribution in [-0.2, 0) is 4.79 Å². The quantitative estimate of drug-likeness (QED) is 0.814. The molecule has 0 spiro atoms. The average Bonchev–Trinajstić information content (AvgIpc) is 2.85. The lowest BCUT2D eigenvalue weighted by Crippen LogP contribution is -2.48. The molecule has 0 aromatic heterocycles. The van der Waals surface area contributed by atoms with Gasteiger partial charge in [0.05, 0.1) is 0 Å². The molecule has 142 valence electrons. The fourth-order valence-corrected chi connectivity index (χ4v) is 4.73. The summed E-state index contributed by atoms with van der Waals surface area (Å²) in [6.45, 7) is 6.80. The number of carbonyl (C=O) groups excluding carboxylic acids is 1. The van der Waals surface area contributed by atoms with Crippen molar-refractivity contribution in [3.05, 3.63) is 0 Å².